The molecule has 192 valence electrons. The van der Waals surface area contributed by atoms with Gasteiger partial charge in [0.05, 0.1) is 5.69 Å². The highest BCUT2D eigenvalue weighted by Gasteiger charge is 2.23. The number of amides is 3. The van der Waals surface area contributed by atoms with Crippen molar-refractivity contribution in [2.75, 3.05) is 38.5 Å². The second-order valence-electron chi connectivity index (χ2n) is 9.15. The van der Waals surface area contributed by atoms with Crippen molar-refractivity contribution in [3.8, 4) is 11.1 Å². The van der Waals surface area contributed by atoms with Crippen LogP contribution < -0.4 is 11.1 Å². The summed E-state index contributed by atoms with van der Waals surface area (Å²) in [5, 5.41) is 2.90. The smallest absolute Gasteiger partial charge is 0.411 e. The molecule has 3 amide bonds. The van der Waals surface area contributed by atoms with Gasteiger partial charge in [0.25, 0.3) is 5.91 Å². The Kier molecular flexibility index (Phi) is 8.53. The SMILES string of the molecule is CN(CCN1CCC(OC(=O)Nc2ccccc2-c2ccccc2)CC1)C(=O)c1ccc(C(N)=O)cc1. The first-order chi connectivity index (χ1) is 17.9. The van der Waals surface area contributed by atoms with E-state index in [0.29, 0.717) is 23.4 Å². The van der Waals surface area contributed by atoms with Crippen LogP contribution in [0.25, 0.3) is 11.1 Å². The summed E-state index contributed by atoms with van der Waals surface area (Å²) in [6.07, 6.45) is 0.873. The average Bonchev–Trinajstić information content (AvgIpc) is 2.93. The number of para-hydroxylation sites is 1. The third-order valence-corrected chi connectivity index (χ3v) is 6.57. The molecular weight excluding hydrogens is 468 g/mol. The normalized spacial score (nSPS) is 14.1. The molecule has 0 spiro atoms. The van der Waals surface area contributed by atoms with E-state index in [0.717, 1.165) is 43.6 Å². The maximum absolute atomic E-state index is 12.7. The van der Waals surface area contributed by atoms with Crippen LogP contribution in [-0.4, -0.2) is 67.0 Å². The fourth-order valence-electron chi connectivity index (χ4n) is 4.39. The number of nitrogens with two attached hydrogens (primary N) is 1. The third-order valence-electron chi connectivity index (χ3n) is 6.57. The summed E-state index contributed by atoms with van der Waals surface area (Å²) in [6.45, 7) is 2.87. The van der Waals surface area contributed by atoms with E-state index in [-0.39, 0.29) is 12.0 Å². The van der Waals surface area contributed by atoms with Gasteiger partial charge < -0.3 is 20.3 Å². The van der Waals surface area contributed by atoms with Crippen LogP contribution in [0.1, 0.15) is 33.6 Å². The molecule has 3 aromatic carbocycles. The van der Waals surface area contributed by atoms with Gasteiger partial charge in [0.15, 0.2) is 0 Å². The number of likely N-dealkylation sites (tertiary alicyclic amines) is 1. The minimum Gasteiger partial charge on any atom is -0.446 e. The number of anilines is 1. The number of piperidine rings is 1. The molecule has 3 N–H and O–H groups in total. The van der Waals surface area contributed by atoms with Gasteiger partial charge in [-0.1, -0.05) is 48.5 Å². The quantitative estimate of drug-likeness (QED) is 0.481. The minimum atomic E-state index is -0.519. The zero-order valence-corrected chi connectivity index (χ0v) is 20.9. The Labute approximate surface area is 217 Å². The van der Waals surface area contributed by atoms with E-state index in [1.54, 1.807) is 36.2 Å². The number of primary amides is 1. The van der Waals surface area contributed by atoms with Crippen molar-refractivity contribution in [1.82, 2.24) is 9.80 Å². The first kappa shape index (κ1) is 25.9. The van der Waals surface area contributed by atoms with E-state index in [1.807, 2.05) is 54.6 Å². The molecule has 1 fully saturated rings. The lowest BCUT2D eigenvalue weighted by Gasteiger charge is -2.32. The van der Waals surface area contributed by atoms with E-state index in [1.165, 1.54) is 0 Å². The molecule has 0 bridgehead atoms. The highest BCUT2D eigenvalue weighted by Crippen LogP contribution is 2.28. The van der Waals surface area contributed by atoms with Gasteiger partial charge in [0, 0.05) is 49.9 Å². The Bertz CT molecular complexity index is 1220. The van der Waals surface area contributed by atoms with E-state index in [9.17, 15) is 14.4 Å². The molecule has 0 atom stereocenters. The Morgan fingerprint density at radius 3 is 2.22 bits per heavy atom. The van der Waals surface area contributed by atoms with Gasteiger partial charge in [-0.3, -0.25) is 14.9 Å². The lowest BCUT2D eigenvalue weighted by Crippen LogP contribution is -2.42. The molecule has 37 heavy (non-hydrogen) atoms. The van der Waals surface area contributed by atoms with Crippen LogP contribution in [0, 0.1) is 0 Å². The van der Waals surface area contributed by atoms with Crippen molar-refractivity contribution in [2.45, 2.75) is 18.9 Å². The van der Waals surface area contributed by atoms with Gasteiger partial charge in [-0.25, -0.2) is 4.79 Å². The molecule has 8 heteroatoms. The number of hydrogen-bond acceptors (Lipinski definition) is 5. The van der Waals surface area contributed by atoms with Crippen molar-refractivity contribution in [3.63, 3.8) is 0 Å². The monoisotopic (exact) mass is 500 g/mol. The fourth-order valence-corrected chi connectivity index (χ4v) is 4.39. The standard InChI is InChI=1S/C29H32N4O4/c1-32(28(35)23-13-11-22(12-14-23)27(30)34)19-20-33-17-15-24(16-18-33)37-29(36)31-26-10-6-5-9-25(26)21-7-3-2-4-8-21/h2-14,24H,15-20H2,1H3,(H2,30,34)(H,31,36). The third kappa shape index (κ3) is 6.95. The summed E-state index contributed by atoms with van der Waals surface area (Å²) in [5.74, 6) is -0.629. The van der Waals surface area contributed by atoms with Crippen LogP contribution in [-0.2, 0) is 4.74 Å². The van der Waals surface area contributed by atoms with E-state index in [4.69, 9.17) is 10.5 Å². The second-order valence-corrected chi connectivity index (χ2v) is 9.15. The Balaban J connectivity index is 1.21. The largest absolute Gasteiger partial charge is 0.446 e. The Morgan fingerprint density at radius 2 is 1.54 bits per heavy atom. The number of ether oxygens (including phenoxy) is 1. The lowest BCUT2D eigenvalue weighted by atomic mass is 10.0. The van der Waals surface area contributed by atoms with Crippen LogP contribution in [0.4, 0.5) is 10.5 Å². The fraction of sp³-hybridized carbons (Fsp3) is 0.276. The summed E-state index contributed by atoms with van der Waals surface area (Å²) in [7, 11) is 1.76. The predicted molar refractivity (Wildman–Crippen MR) is 143 cm³/mol. The van der Waals surface area contributed by atoms with Crippen molar-refractivity contribution in [1.29, 1.82) is 0 Å². The zero-order valence-electron chi connectivity index (χ0n) is 20.9. The van der Waals surface area contributed by atoms with Gasteiger partial charge in [0.1, 0.15) is 6.10 Å². The molecule has 0 aromatic heterocycles. The lowest BCUT2D eigenvalue weighted by molar-refractivity contribution is 0.0540. The molecular formula is C29H32N4O4. The molecule has 1 aliphatic rings. The molecule has 4 rings (SSSR count). The van der Waals surface area contributed by atoms with Crippen LogP contribution in [0.5, 0.6) is 0 Å². The molecule has 1 heterocycles. The first-order valence-corrected chi connectivity index (χ1v) is 12.4. The van der Waals surface area contributed by atoms with E-state index in [2.05, 4.69) is 10.2 Å². The van der Waals surface area contributed by atoms with Gasteiger partial charge in [0.2, 0.25) is 5.91 Å². The number of nitrogens with zero attached hydrogens (tertiary/aromatic N) is 2. The van der Waals surface area contributed by atoms with Crippen LogP contribution in [0.2, 0.25) is 0 Å². The molecule has 0 radical (unpaired) electrons. The summed E-state index contributed by atoms with van der Waals surface area (Å²) in [6, 6.07) is 23.9. The molecule has 0 unspecified atom stereocenters. The van der Waals surface area contributed by atoms with Crippen LogP contribution in [0.3, 0.4) is 0 Å². The number of hydrogen-bond donors (Lipinski definition) is 2. The maximum Gasteiger partial charge on any atom is 0.411 e. The van der Waals surface area contributed by atoms with Crippen molar-refractivity contribution < 1.29 is 19.1 Å². The molecule has 0 saturated carbocycles. The molecule has 3 aromatic rings. The number of likely N-dealkylation sites (N-methyl/N-ethyl adjacent to an activating group) is 1. The Hall–Kier alpha value is -4.17. The highest BCUT2D eigenvalue weighted by molar-refractivity contribution is 5.97. The predicted octanol–water partition coefficient (Wildman–Crippen LogP) is 4.24. The first-order valence-electron chi connectivity index (χ1n) is 12.4. The average molecular weight is 501 g/mol. The number of carbonyl (C=O) groups excluding carboxylic acids is 3. The van der Waals surface area contributed by atoms with Crippen molar-refractivity contribution in [2.24, 2.45) is 5.73 Å². The van der Waals surface area contributed by atoms with Crippen LogP contribution >= 0.6 is 0 Å². The molecule has 1 saturated heterocycles. The summed E-state index contributed by atoms with van der Waals surface area (Å²) < 4.78 is 5.71. The van der Waals surface area contributed by atoms with E-state index >= 15 is 0 Å². The van der Waals surface area contributed by atoms with Crippen molar-refractivity contribution >= 4 is 23.6 Å². The van der Waals surface area contributed by atoms with Gasteiger partial charge in [-0.15, -0.1) is 0 Å². The highest BCUT2D eigenvalue weighted by atomic mass is 16.6. The minimum absolute atomic E-state index is 0.110. The zero-order chi connectivity index (χ0) is 26.2. The van der Waals surface area contributed by atoms with Gasteiger partial charge in [-0.05, 0) is 48.7 Å². The van der Waals surface area contributed by atoms with Gasteiger partial charge >= 0.3 is 6.09 Å². The van der Waals surface area contributed by atoms with Crippen LogP contribution in [0.15, 0.2) is 78.9 Å². The molecule has 1 aliphatic heterocycles. The Morgan fingerprint density at radius 1 is 0.919 bits per heavy atom. The molecule has 0 aliphatic carbocycles. The topological polar surface area (TPSA) is 105 Å². The maximum atomic E-state index is 12.7. The number of benzene rings is 3. The number of rotatable bonds is 8. The molecule has 8 nitrogen and oxygen atoms in total. The number of carbonyl (C=O) groups is 3. The summed E-state index contributed by atoms with van der Waals surface area (Å²) in [5.41, 5.74) is 8.83. The summed E-state index contributed by atoms with van der Waals surface area (Å²) in [4.78, 5) is 40.4. The van der Waals surface area contributed by atoms with Crippen molar-refractivity contribution in [3.05, 3.63) is 90.0 Å². The van der Waals surface area contributed by atoms with E-state index < -0.39 is 12.0 Å². The van der Waals surface area contributed by atoms with Gasteiger partial charge in [-0.2, -0.15) is 0 Å². The number of nitrogens with one attached hydrogen (secondary N) is 1. The summed E-state index contributed by atoms with van der Waals surface area (Å²) >= 11 is 0. The second kappa shape index (κ2) is 12.2.